The molecule has 1 saturated heterocycles. The first-order chi connectivity index (χ1) is 8.22. The van der Waals surface area contributed by atoms with Crippen LogP contribution in [0.25, 0.3) is 0 Å². The fourth-order valence-corrected chi connectivity index (χ4v) is 2.35. The summed E-state index contributed by atoms with van der Waals surface area (Å²) in [5, 5.41) is 13.2. The lowest BCUT2D eigenvalue weighted by atomic mass is 10.0. The molecule has 1 aliphatic heterocycles. The van der Waals surface area contributed by atoms with E-state index in [0.29, 0.717) is 10.6 Å². The van der Waals surface area contributed by atoms with Crippen LogP contribution in [0.15, 0.2) is 18.2 Å². The zero-order valence-electron chi connectivity index (χ0n) is 9.90. The third-order valence-corrected chi connectivity index (χ3v) is 3.32. The first kappa shape index (κ1) is 15.7. The Morgan fingerprint density at radius 3 is 2.67 bits per heavy atom. The number of aliphatic hydroxyl groups excluding tert-OH is 1. The van der Waals surface area contributed by atoms with E-state index < -0.39 is 0 Å². The van der Waals surface area contributed by atoms with E-state index in [9.17, 15) is 9.50 Å². The SMILES string of the molecule is Cl.OC[C@@H](c1cc(Cl)ccc1F)N1CCNCC1. The molecule has 102 valence electrons. The monoisotopic (exact) mass is 294 g/mol. The highest BCUT2D eigenvalue weighted by atomic mass is 35.5. The molecule has 0 spiro atoms. The number of rotatable bonds is 3. The summed E-state index contributed by atoms with van der Waals surface area (Å²) < 4.78 is 13.7. The first-order valence-electron chi connectivity index (χ1n) is 5.73. The summed E-state index contributed by atoms with van der Waals surface area (Å²) >= 11 is 5.88. The lowest BCUT2D eigenvalue weighted by molar-refractivity contribution is 0.108. The minimum absolute atomic E-state index is 0. The molecule has 0 aliphatic carbocycles. The minimum atomic E-state index is -0.313. The molecule has 0 amide bonds. The smallest absolute Gasteiger partial charge is 0.128 e. The number of halogens is 3. The van der Waals surface area contributed by atoms with Crippen LogP contribution in [0.2, 0.25) is 5.02 Å². The van der Waals surface area contributed by atoms with Gasteiger partial charge in [0.05, 0.1) is 12.6 Å². The fourth-order valence-electron chi connectivity index (χ4n) is 2.17. The van der Waals surface area contributed by atoms with E-state index in [-0.39, 0.29) is 30.9 Å². The van der Waals surface area contributed by atoms with Gasteiger partial charge in [0.15, 0.2) is 0 Å². The van der Waals surface area contributed by atoms with Crippen LogP contribution in [-0.2, 0) is 0 Å². The molecule has 0 unspecified atom stereocenters. The zero-order chi connectivity index (χ0) is 12.3. The van der Waals surface area contributed by atoms with Crippen LogP contribution < -0.4 is 5.32 Å². The van der Waals surface area contributed by atoms with Gasteiger partial charge in [0.1, 0.15) is 5.82 Å². The summed E-state index contributed by atoms with van der Waals surface area (Å²) in [4.78, 5) is 2.07. The number of aliphatic hydroxyl groups is 1. The van der Waals surface area contributed by atoms with Gasteiger partial charge in [-0.15, -0.1) is 12.4 Å². The van der Waals surface area contributed by atoms with Crippen LogP contribution in [0, 0.1) is 5.82 Å². The molecule has 2 N–H and O–H groups in total. The van der Waals surface area contributed by atoms with Crippen molar-refractivity contribution in [1.82, 2.24) is 10.2 Å². The minimum Gasteiger partial charge on any atom is -0.394 e. The first-order valence-corrected chi connectivity index (χ1v) is 6.10. The quantitative estimate of drug-likeness (QED) is 0.893. The zero-order valence-corrected chi connectivity index (χ0v) is 11.5. The number of benzene rings is 1. The van der Waals surface area contributed by atoms with Crippen LogP contribution in [-0.4, -0.2) is 42.8 Å². The maximum absolute atomic E-state index is 13.7. The van der Waals surface area contributed by atoms with Gasteiger partial charge in [-0.1, -0.05) is 11.6 Å². The molecule has 3 nitrogen and oxygen atoms in total. The number of nitrogens with zero attached hydrogens (tertiary/aromatic N) is 1. The maximum atomic E-state index is 13.7. The summed E-state index contributed by atoms with van der Waals surface area (Å²) in [7, 11) is 0. The number of hydrogen-bond acceptors (Lipinski definition) is 3. The van der Waals surface area contributed by atoms with E-state index in [1.165, 1.54) is 12.1 Å². The van der Waals surface area contributed by atoms with Crippen LogP contribution >= 0.6 is 24.0 Å². The molecule has 18 heavy (non-hydrogen) atoms. The normalized spacial score (nSPS) is 18.2. The van der Waals surface area contributed by atoms with Gasteiger partial charge >= 0.3 is 0 Å². The van der Waals surface area contributed by atoms with Crippen LogP contribution in [0.3, 0.4) is 0 Å². The molecule has 1 aliphatic rings. The van der Waals surface area contributed by atoms with Crippen LogP contribution in [0.4, 0.5) is 4.39 Å². The third-order valence-electron chi connectivity index (χ3n) is 3.08. The number of piperazine rings is 1. The van der Waals surface area contributed by atoms with Crippen molar-refractivity contribution in [3.63, 3.8) is 0 Å². The van der Waals surface area contributed by atoms with Crippen molar-refractivity contribution >= 4 is 24.0 Å². The van der Waals surface area contributed by atoms with E-state index in [2.05, 4.69) is 10.2 Å². The molecule has 0 saturated carbocycles. The van der Waals surface area contributed by atoms with Gasteiger partial charge in [-0.05, 0) is 18.2 Å². The average molecular weight is 295 g/mol. The highest BCUT2D eigenvalue weighted by Gasteiger charge is 2.24. The van der Waals surface area contributed by atoms with Gasteiger partial charge in [0.2, 0.25) is 0 Å². The Morgan fingerprint density at radius 2 is 2.06 bits per heavy atom. The molecular weight excluding hydrogens is 278 g/mol. The number of nitrogens with one attached hydrogen (secondary N) is 1. The van der Waals surface area contributed by atoms with Crippen molar-refractivity contribution < 1.29 is 9.50 Å². The molecule has 1 fully saturated rings. The lowest BCUT2D eigenvalue weighted by Crippen LogP contribution is -2.46. The molecule has 1 heterocycles. The summed E-state index contributed by atoms with van der Waals surface area (Å²) in [5.41, 5.74) is 0.474. The number of hydrogen-bond donors (Lipinski definition) is 2. The van der Waals surface area contributed by atoms with Gasteiger partial charge in [0, 0.05) is 36.8 Å². The Labute approximate surface area is 117 Å². The second kappa shape index (κ2) is 7.26. The summed E-state index contributed by atoms with van der Waals surface area (Å²) in [6, 6.07) is 4.16. The van der Waals surface area contributed by atoms with Gasteiger partial charge in [-0.3, -0.25) is 4.90 Å². The van der Waals surface area contributed by atoms with E-state index in [1.54, 1.807) is 6.07 Å². The third kappa shape index (κ3) is 3.56. The van der Waals surface area contributed by atoms with Gasteiger partial charge in [-0.2, -0.15) is 0 Å². The van der Waals surface area contributed by atoms with Crippen molar-refractivity contribution in [2.45, 2.75) is 6.04 Å². The molecular formula is C12H17Cl2FN2O. The van der Waals surface area contributed by atoms with Crippen molar-refractivity contribution in [3.05, 3.63) is 34.6 Å². The molecule has 1 aromatic carbocycles. The Morgan fingerprint density at radius 1 is 1.39 bits per heavy atom. The largest absolute Gasteiger partial charge is 0.394 e. The van der Waals surface area contributed by atoms with Gasteiger partial charge in [-0.25, -0.2) is 4.39 Å². The van der Waals surface area contributed by atoms with Crippen LogP contribution in [0.1, 0.15) is 11.6 Å². The second-order valence-electron chi connectivity index (χ2n) is 4.15. The standard InChI is InChI=1S/C12H16ClFN2O.ClH/c13-9-1-2-11(14)10(7-9)12(8-17)16-5-3-15-4-6-16;/h1-2,7,12,15,17H,3-6,8H2;1H/t12-;/m0./s1. The second-order valence-corrected chi connectivity index (χ2v) is 4.59. The van der Waals surface area contributed by atoms with Gasteiger partial charge < -0.3 is 10.4 Å². The summed E-state index contributed by atoms with van der Waals surface area (Å²) in [6.07, 6.45) is 0. The lowest BCUT2D eigenvalue weighted by Gasteiger charge is -2.34. The molecule has 2 rings (SSSR count). The predicted molar refractivity (Wildman–Crippen MR) is 72.9 cm³/mol. The topological polar surface area (TPSA) is 35.5 Å². The average Bonchev–Trinajstić information content (AvgIpc) is 2.36. The van der Waals surface area contributed by atoms with E-state index in [1.807, 2.05) is 0 Å². The van der Waals surface area contributed by atoms with E-state index in [0.717, 1.165) is 26.2 Å². The highest BCUT2D eigenvalue weighted by Crippen LogP contribution is 2.26. The molecule has 0 bridgehead atoms. The van der Waals surface area contributed by atoms with E-state index >= 15 is 0 Å². The molecule has 1 atom stereocenters. The van der Waals surface area contributed by atoms with Gasteiger partial charge in [0.25, 0.3) is 0 Å². The van der Waals surface area contributed by atoms with Crippen LogP contribution in [0.5, 0.6) is 0 Å². The molecule has 1 aromatic rings. The van der Waals surface area contributed by atoms with Crippen molar-refractivity contribution in [1.29, 1.82) is 0 Å². The predicted octanol–water partition coefficient (Wildman–Crippen LogP) is 1.84. The molecule has 6 heteroatoms. The Hall–Kier alpha value is -0.390. The highest BCUT2D eigenvalue weighted by molar-refractivity contribution is 6.30. The van der Waals surface area contributed by atoms with Crippen molar-refractivity contribution in [2.75, 3.05) is 32.8 Å². The fraction of sp³-hybridized carbons (Fsp3) is 0.500. The van der Waals surface area contributed by atoms with Crippen molar-refractivity contribution in [3.8, 4) is 0 Å². The maximum Gasteiger partial charge on any atom is 0.128 e. The summed E-state index contributed by atoms with van der Waals surface area (Å²) in [5.74, 6) is -0.313. The van der Waals surface area contributed by atoms with E-state index in [4.69, 9.17) is 11.6 Å². The Kier molecular flexibility index (Phi) is 6.32. The Bertz CT molecular complexity index is 386. The molecule has 0 aromatic heterocycles. The Balaban J connectivity index is 0.00000162. The van der Waals surface area contributed by atoms with Crippen molar-refractivity contribution in [2.24, 2.45) is 0 Å². The molecule has 0 radical (unpaired) electrons. The summed E-state index contributed by atoms with van der Waals surface area (Å²) in [6.45, 7) is 3.23.